The lowest BCUT2D eigenvalue weighted by Gasteiger charge is -2.10. The Balaban J connectivity index is 2.46. The van der Waals surface area contributed by atoms with E-state index in [4.69, 9.17) is 0 Å². The topological polar surface area (TPSA) is 71.1 Å². The van der Waals surface area contributed by atoms with Gasteiger partial charge in [0.25, 0.3) is 0 Å². The molecule has 2 rings (SSSR count). The predicted molar refractivity (Wildman–Crippen MR) is 79.6 cm³/mol. The zero-order valence-electron chi connectivity index (χ0n) is 11.6. The van der Waals surface area contributed by atoms with Crippen LogP contribution in [0.15, 0.2) is 30.3 Å². The molecule has 1 aromatic heterocycles. The van der Waals surface area contributed by atoms with Crippen LogP contribution in [0.5, 0.6) is 0 Å². The van der Waals surface area contributed by atoms with Crippen LogP contribution in [0.25, 0.3) is 10.8 Å². The Morgan fingerprint density at radius 3 is 2.40 bits per heavy atom. The third kappa shape index (κ3) is 3.12. The predicted octanol–water partition coefficient (Wildman–Crippen LogP) is 2.93. The van der Waals surface area contributed by atoms with Gasteiger partial charge in [-0.2, -0.15) is 0 Å². The molecule has 0 aliphatic heterocycles. The lowest BCUT2D eigenvalue weighted by atomic mass is 10.1. The number of hydrogen-bond acceptors (Lipinski definition) is 3. The second-order valence-corrected chi connectivity index (χ2v) is 4.38. The van der Waals surface area contributed by atoms with E-state index in [1.165, 1.54) is 0 Å². The van der Waals surface area contributed by atoms with Gasteiger partial charge in [-0.3, -0.25) is 9.59 Å². The van der Waals surface area contributed by atoms with Gasteiger partial charge < -0.3 is 10.6 Å². The number of aromatic nitrogens is 1. The second kappa shape index (κ2) is 6.14. The molecule has 104 valence electrons. The highest BCUT2D eigenvalue weighted by Gasteiger charge is 2.09. The van der Waals surface area contributed by atoms with Gasteiger partial charge in [0.1, 0.15) is 11.6 Å². The van der Waals surface area contributed by atoms with Crippen LogP contribution in [-0.2, 0) is 9.59 Å². The fourth-order valence-corrected chi connectivity index (χ4v) is 1.81. The third-order valence-electron chi connectivity index (χ3n) is 2.91. The number of nitrogens with one attached hydrogen (secondary N) is 2. The van der Waals surface area contributed by atoms with Crippen LogP contribution in [0, 0.1) is 0 Å². The minimum Gasteiger partial charge on any atom is -0.311 e. The van der Waals surface area contributed by atoms with Crippen molar-refractivity contribution in [2.75, 3.05) is 10.6 Å². The number of nitrogens with zero attached hydrogens (tertiary/aromatic N) is 1. The molecule has 2 amide bonds. The van der Waals surface area contributed by atoms with Gasteiger partial charge in [-0.05, 0) is 11.5 Å². The van der Waals surface area contributed by atoms with Crippen molar-refractivity contribution in [3.05, 3.63) is 30.3 Å². The van der Waals surface area contributed by atoms with Crippen LogP contribution in [-0.4, -0.2) is 16.8 Å². The van der Waals surface area contributed by atoms with E-state index in [1.54, 1.807) is 19.9 Å². The van der Waals surface area contributed by atoms with Gasteiger partial charge in [0.05, 0.1) is 0 Å². The molecule has 0 atom stereocenters. The normalized spacial score (nSPS) is 10.3. The van der Waals surface area contributed by atoms with Gasteiger partial charge in [-0.15, -0.1) is 0 Å². The zero-order valence-corrected chi connectivity index (χ0v) is 11.6. The maximum absolute atomic E-state index is 11.6. The lowest BCUT2D eigenvalue weighted by Crippen LogP contribution is -2.14. The number of benzene rings is 1. The third-order valence-corrected chi connectivity index (χ3v) is 2.91. The quantitative estimate of drug-likeness (QED) is 0.898. The minimum atomic E-state index is -0.111. The van der Waals surface area contributed by atoms with Crippen LogP contribution >= 0.6 is 0 Å². The molecule has 0 spiro atoms. The molecule has 1 heterocycles. The summed E-state index contributed by atoms with van der Waals surface area (Å²) in [6.45, 7) is 3.55. The standard InChI is InChI=1S/C15H17N3O2/c1-3-13(19)16-12-9-10-7-5-6-8-11(10)15(17-12)18-14(20)4-2/h5-9H,3-4H2,1-2H3,(H2,16,17,18,19,20). The molecule has 1 aromatic carbocycles. The summed E-state index contributed by atoms with van der Waals surface area (Å²) in [6.07, 6.45) is 0.757. The molecule has 5 nitrogen and oxygen atoms in total. The largest absolute Gasteiger partial charge is 0.311 e. The Morgan fingerprint density at radius 1 is 1.05 bits per heavy atom. The van der Waals surface area contributed by atoms with Crippen molar-refractivity contribution < 1.29 is 9.59 Å². The number of rotatable bonds is 4. The highest BCUT2D eigenvalue weighted by Crippen LogP contribution is 2.24. The molecular formula is C15H17N3O2. The highest BCUT2D eigenvalue weighted by molar-refractivity contribution is 6.02. The van der Waals surface area contributed by atoms with Crippen LogP contribution < -0.4 is 10.6 Å². The van der Waals surface area contributed by atoms with E-state index < -0.39 is 0 Å². The van der Waals surface area contributed by atoms with E-state index in [-0.39, 0.29) is 11.8 Å². The van der Waals surface area contributed by atoms with E-state index in [0.29, 0.717) is 24.5 Å². The van der Waals surface area contributed by atoms with Crippen molar-refractivity contribution in [3.8, 4) is 0 Å². The van der Waals surface area contributed by atoms with Crippen molar-refractivity contribution in [1.82, 2.24) is 4.98 Å². The molecule has 0 unspecified atom stereocenters. The molecule has 20 heavy (non-hydrogen) atoms. The van der Waals surface area contributed by atoms with Gasteiger partial charge in [0, 0.05) is 18.2 Å². The summed E-state index contributed by atoms with van der Waals surface area (Å²) in [4.78, 5) is 27.4. The van der Waals surface area contributed by atoms with Crippen LogP contribution in [0.4, 0.5) is 11.6 Å². The summed E-state index contributed by atoms with van der Waals surface area (Å²) in [6, 6.07) is 9.39. The van der Waals surface area contributed by atoms with Crippen molar-refractivity contribution >= 4 is 34.2 Å². The van der Waals surface area contributed by atoms with Crippen molar-refractivity contribution in [2.24, 2.45) is 0 Å². The molecule has 0 aliphatic rings. The summed E-state index contributed by atoms with van der Waals surface area (Å²) in [7, 11) is 0. The van der Waals surface area contributed by atoms with E-state index in [1.807, 2.05) is 24.3 Å². The van der Waals surface area contributed by atoms with Gasteiger partial charge in [0.15, 0.2) is 0 Å². The van der Waals surface area contributed by atoms with Crippen molar-refractivity contribution in [3.63, 3.8) is 0 Å². The lowest BCUT2D eigenvalue weighted by molar-refractivity contribution is -0.116. The summed E-state index contributed by atoms with van der Waals surface area (Å²) in [5.74, 6) is 0.700. The average Bonchev–Trinajstić information content (AvgIpc) is 2.47. The summed E-state index contributed by atoms with van der Waals surface area (Å²) < 4.78 is 0. The number of carbonyl (C=O) groups excluding carboxylic acids is 2. The number of anilines is 2. The van der Waals surface area contributed by atoms with E-state index in [0.717, 1.165) is 10.8 Å². The fraction of sp³-hybridized carbons (Fsp3) is 0.267. The number of carbonyl (C=O) groups is 2. The Kier molecular flexibility index (Phi) is 4.30. The Bertz CT molecular complexity index is 653. The number of amides is 2. The van der Waals surface area contributed by atoms with Crippen molar-refractivity contribution in [1.29, 1.82) is 0 Å². The summed E-state index contributed by atoms with van der Waals surface area (Å²) >= 11 is 0. The fourth-order valence-electron chi connectivity index (χ4n) is 1.81. The number of fused-ring (bicyclic) bond motifs is 1. The van der Waals surface area contributed by atoms with Crippen molar-refractivity contribution in [2.45, 2.75) is 26.7 Å². The second-order valence-electron chi connectivity index (χ2n) is 4.38. The Hall–Kier alpha value is -2.43. The van der Waals surface area contributed by atoms with Crippen LogP contribution in [0.2, 0.25) is 0 Å². The minimum absolute atomic E-state index is 0.110. The molecule has 0 saturated heterocycles. The summed E-state index contributed by atoms with van der Waals surface area (Å²) in [5.41, 5.74) is 0. The Morgan fingerprint density at radius 2 is 1.70 bits per heavy atom. The Labute approximate surface area is 117 Å². The monoisotopic (exact) mass is 271 g/mol. The number of hydrogen-bond donors (Lipinski definition) is 2. The van der Waals surface area contributed by atoms with Gasteiger partial charge >= 0.3 is 0 Å². The first kappa shape index (κ1) is 14.0. The zero-order chi connectivity index (χ0) is 14.5. The molecule has 0 bridgehead atoms. The first-order chi connectivity index (χ1) is 9.63. The molecular weight excluding hydrogens is 254 g/mol. The van der Waals surface area contributed by atoms with Gasteiger partial charge in [-0.25, -0.2) is 4.98 Å². The smallest absolute Gasteiger partial charge is 0.225 e. The maximum atomic E-state index is 11.6. The summed E-state index contributed by atoms with van der Waals surface area (Å²) in [5, 5.41) is 7.25. The molecule has 0 saturated carbocycles. The number of pyridine rings is 1. The highest BCUT2D eigenvalue weighted by atomic mass is 16.2. The first-order valence-electron chi connectivity index (χ1n) is 6.63. The molecule has 2 N–H and O–H groups in total. The van der Waals surface area contributed by atoms with E-state index in [2.05, 4.69) is 15.6 Å². The molecule has 0 fully saturated rings. The first-order valence-corrected chi connectivity index (χ1v) is 6.63. The van der Waals surface area contributed by atoms with Crippen LogP contribution in [0.3, 0.4) is 0 Å². The average molecular weight is 271 g/mol. The van der Waals surface area contributed by atoms with Gasteiger partial charge in [0.2, 0.25) is 11.8 Å². The molecule has 0 radical (unpaired) electrons. The van der Waals surface area contributed by atoms with E-state index in [9.17, 15) is 9.59 Å². The molecule has 2 aromatic rings. The molecule has 0 aliphatic carbocycles. The molecule has 5 heteroatoms. The van der Waals surface area contributed by atoms with E-state index >= 15 is 0 Å². The van der Waals surface area contributed by atoms with Crippen LogP contribution in [0.1, 0.15) is 26.7 Å². The van der Waals surface area contributed by atoms with Gasteiger partial charge in [-0.1, -0.05) is 38.1 Å². The maximum Gasteiger partial charge on any atom is 0.225 e. The SMILES string of the molecule is CCC(=O)Nc1cc2ccccc2c(NC(=O)CC)n1.